The third-order valence-electron chi connectivity index (χ3n) is 3.82. The number of thioether (sulfide) groups is 1. The van der Waals surface area contributed by atoms with Crippen molar-refractivity contribution in [3.05, 3.63) is 59.0 Å². The van der Waals surface area contributed by atoms with Gasteiger partial charge in [-0.15, -0.1) is 0 Å². The van der Waals surface area contributed by atoms with E-state index in [1.54, 1.807) is 44.6 Å². The van der Waals surface area contributed by atoms with E-state index in [0.29, 0.717) is 4.91 Å². The Labute approximate surface area is 155 Å². The maximum atomic E-state index is 12.5. The van der Waals surface area contributed by atoms with Crippen LogP contribution < -0.4 is 14.8 Å². The largest absolute Gasteiger partial charge is 0.497 e. The molecule has 0 aliphatic carbocycles. The number of ether oxygens (including phenoxy) is 2. The van der Waals surface area contributed by atoms with Crippen LogP contribution >= 0.6 is 11.8 Å². The lowest BCUT2D eigenvalue weighted by Gasteiger charge is -2.14. The molecule has 2 amide bonds. The van der Waals surface area contributed by atoms with E-state index in [9.17, 15) is 9.59 Å². The number of amides is 2. The highest BCUT2D eigenvalue weighted by Crippen LogP contribution is 2.32. The van der Waals surface area contributed by atoms with Gasteiger partial charge < -0.3 is 14.8 Å². The van der Waals surface area contributed by atoms with Crippen molar-refractivity contribution in [3.63, 3.8) is 0 Å². The average Bonchev–Trinajstić information content (AvgIpc) is 2.94. The number of anilines is 1. The molecule has 0 spiro atoms. The Bertz CT molecular complexity index is 832. The van der Waals surface area contributed by atoms with Gasteiger partial charge in [0.2, 0.25) is 0 Å². The summed E-state index contributed by atoms with van der Waals surface area (Å²) in [7, 11) is 3.19. The van der Waals surface area contributed by atoms with E-state index in [0.717, 1.165) is 34.5 Å². The number of rotatable bonds is 6. The molecule has 0 saturated carbocycles. The molecule has 1 aliphatic rings. The number of hydrogen-bond acceptors (Lipinski definition) is 6. The first-order valence-electron chi connectivity index (χ1n) is 7.88. The second-order valence-electron chi connectivity index (χ2n) is 5.45. The van der Waals surface area contributed by atoms with E-state index in [-0.39, 0.29) is 17.8 Å². The summed E-state index contributed by atoms with van der Waals surface area (Å²) in [5, 5.41) is 2.77. The van der Waals surface area contributed by atoms with Crippen LogP contribution in [-0.2, 0) is 4.79 Å². The Hall–Kier alpha value is -2.93. The molecule has 1 fully saturated rings. The Morgan fingerprint density at radius 3 is 2.12 bits per heavy atom. The molecular formula is C19H18N2O4S. The third kappa shape index (κ3) is 4.00. The lowest BCUT2D eigenvalue weighted by Crippen LogP contribution is -2.33. The third-order valence-corrected chi connectivity index (χ3v) is 4.73. The van der Waals surface area contributed by atoms with Gasteiger partial charge in [-0.2, -0.15) is 0 Å². The Morgan fingerprint density at radius 1 is 0.962 bits per heavy atom. The topological polar surface area (TPSA) is 67.9 Å². The molecule has 0 aromatic heterocycles. The maximum absolute atomic E-state index is 12.5. The minimum Gasteiger partial charge on any atom is -0.497 e. The van der Waals surface area contributed by atoms with Gasteiger partial charge in [-0.1, -0.05) is 12.1 Å². The van der Waals surface area contributed by atoms with Gasteiger partial charge in [0.1, 0.15) is 11.5 Å². The number of imide groups is 1. The summed E-state index contributed by atoms with van der Waals surface area (Å²) in [5.41, 5.74) is 1.63. The second kappa shape index (κ2) is 7.97. The van der Waals surface area contributed by atoms with Gasteiger partial charge in [0, 0.05) is 5.69 Å². The second-order valence-corrected chi connectivity index (χ2v) is 6.44. The van der Waals surface area contributed by atoms with E-state index in [1.807, 2.05) is 24.3 Å². The minimum absolute atomic E-state index is 0.108. The number of benzene rings is 2. The van der Waals surface area contributed by atoms with Gasteiger partial charge in [0.25, 0.3) is 11.1 Å². The summed E-state index contributed by atoms with van der Waals surface area (Å²) in [4.78, 5) is 26.2. The van der Waals surface area contributed by atoms with Crippen LogP contribution in [0.3, 0.4) is 0 Å². The number of methoxy groups -OCH3 is 2. The first kappa shape index (κ1) is 17.9. The molecule has 0 atom stereocenters. The summed E-state index contributed by atoms with van der Waals surface area (Å²) in [6.07, 6.45) is 1.71. The molecule has 6 nitrogen and oxygen atoms in total. The van der Waals surface area contributed by atoms with Crippen LogP contribution in [0.4, 0.5) is 10.5 Å². The van der Waals surface area contributed by atoms with E-state index >= 15 is 0 Å². The highest BCUT2D eigenvalue weighted by Gasteiger charge is 2.34. The zero-order chi connectivity index (χ0) is 18.5. The van der Waals surface area contributed by atoms with Crippen LogP contribution in [0.15, 0.2) is 53.4 Å². The van der Waals surface area contributed by atoms with Crippen LogP contribution in [0, 0.1) is 0 Å². The number of carbonyl (C=O) groups is 2. The van der Waals surface area contributed by atoms with Gasteiger partial charge in [-0.3, -0.25) is 14.5 Å². The first-order valence-corrected chi connectivity index (χ1v) is 8.69. The SMILES string of the molecule is COc1ccc(/C=C2/SC(=O)N(CNc3ccc(OC)cc3)C2=O)cc1. The first-order chi connectivity index (χ1) is 12.6. The summed E-state index contributed by atoms with van der Waals surface area (Å²) in [6.45, 7) is 0.108. The van der Waals surface area contributed by atoms with Crippen molar-refractivity contribution >= 4 is 34.7 Å². The minimum atomic E-state index is -0.308. The molecule has 0 radical (unpaired) electrons. The Kier molecular flexibility index (Phi) is 5.48. The zero-order valence-corrected chi connectivity index (χ0v) is 15.2. The van der Waals surface area contributed by atoms with Crippen molar-refractivity contribution in [3.8, 4) is 11.5 Å². The maximum Gasteiger partial charge on any atom is 0.295 e. The monoisotopic (exact) mass is 370 g/mol. The van der Waals surface area contributed by atoms with E-state index in [2.05, 4.69) is 5.32 Å². The molecule has 134 valence electrons. The molecule has 26 heavy (non-hydrogen) atoms. The van der Waals surface area contributed by atoms with E-state index < -0.39 is 0 Å². The highest BCUT2D eigenvalue weighted by molar-refractivity contribution is 8.18. The van der Waals surface area contributed by atoms with Gasteiger partial charge >= 0.3 is 0 Å². The van der Waals surface area contributed by atoms with Crippen LogP contribution in [0.2, 0.25) is 0 Å². The molecule has 1 heterocycles. The fourth-order valence-electron chi connectivity index (χ4n) is 2.37. The summed E-state index contributed by atoms with van der Waals surface area (Å²) < 4.78 is 10.2. The predicted molar refractivity (Wildman–Crippen MR) is 102 cm³/mol. The van der Waals surface area contributed by atoms with Gasteiger partial charge in [0.05, 0.1) is 25.8 Å². The summed E-state index contributed by atoms with van der Waals surface area (Å²) >= 11 is 0.935. The van der Waals surface area contributed by atoms with Crippen molar-refractivity contribution < 1.29 is 19.1 Å². The van der Waals surface area contributed by atoms with Crippen molar-refractivity contribution in [1.29, 1.82) is 0 Å². The van der Waals surface area contributed by atoms with Gasteiger partial charge in [-0.05, 0) is 59.8 Å². The van der Waals surface area contributed by atoms with Crippen molar-refractivity contribution in [2.75, 3.05) is 26.2 Å². The van der Waals surface area contributed by atoms with E-state index in [1.165, 1.54) is 4.90 Å². The molecular weight excluding hydrogens is 352 g/mol. The van der Waals surface area contributed by atoms with Crippen LogP contribution in [-0.4, -0.2) is 36.9 Å². The van der Waals surface area contributed by atoms with Crippen LogP contribution in [0.5, 0.6) is 11.5 Å². The van der Waals surface area contributed by atoms with Gasteiger partial charge in [-0.25, -0.2) is 0 Å². The van der Waals surface area contributed by atoms with Crippen LogP contribution in [0.25, 0.3) is 6.08 Å². The molecule has 2 aromatic carbocycles. The molecule has 0 bridgehead atoms. The van der Waals surface area contributed by atoms with Crippen molar-refractivity contribution in [2.24, 2.45) is 0 Å². The normalized spacial score (nSPS) is 15.5. The fourth-order valence-corrected chi connectivity index (χ4v) is 3.21. The van der Waals surface area contributed by atoms with Crippen LogP contribution in [0.1, 0.15) is 5.56 Å². The molecule has 1 aliphatic heterocycles. The Morgan fingerprint density at radius 2 is 1.54 bits per heavy atom. The molecule has 3 rings (SSSR count). The van der Waals surface area contributed by atoms with Crippen molar-refractivity contribution in [1.82, 2.24) is 4.90 Å². The molecule has 7 heteroatoms. The quantitative estimate of drug-likeness (QED) is 0.780. The van der Waals surface area contributed by atoms with Gasteiger partial charge in [0.15, 0.2) is 0 Å². The average molecular weight is 370 g/mol. The zero-order valence-electron chi connectivity index (χ0n) is 14.4. The highest BCUT2D eigenvalue weighted by atomic mass is 32.2. The summed E-state index contributed by atoms with van der Waals surface area (Å²) in [5.74, 6) is 1.17. The lowest BCUT2D eigenvalue weighted by atomic mass is 10.2. The standard InChI is InChI=1S/C19H18N2O4S/c1-24-15-7-3-13(4-8-15)11-17-18(22)21(19(23)26-17)12-20-14-5-9-16(25-2)10-6-14/h3-11,20H,12H2,1-2H3/b17-11+. The predicted octanol–water partition coefficient (Wildman–Crippen LogP) is 3.81. The van der Waals surface area contributed by atoms with Crippen molar-refractivity contribution in [2.45, 2.75) is 0 Å². The fraction of sp³-hybridized carbons (Fsp3) is 0.158. The molecule has 2 aromatic rings. The number of nitrogens with zero attached hydrogens (tertiary/aromatic N) is 1. The Balaban J connectivity index is 1.66. The molecule has 0 unspecified atom stereocenters. The number of carbonyl (C=O) groups excluding carboxylic acids is 2. The molecule has 1 saturated heterocycles. The summed E-state index contributed by atoms with van der Waals surface area (Å²) in [6, 6.07) is 14.5. The smallest absolute Gasteiger partial charge is 0.295 e. The number of nitrogens with one attached hydrogen (secondary N) is 1. The number of hydrogen-bond donors (Lipinski definition) is 1. The molecule has 1 N–H and O–H groups in total. The lowest BCUT2D eigenvalue weighted by molar-refractivity contribution is -0.122. The van der Waals surface area contributed by atoms with E-state index in [4.69, 9.17) is 9.47 Å².